The average molecular weight is 572 g/mol. The number of rotatable bonds is 11. The third kappa shape index (κ3) is 5.61. The number of carboxylic acid groups (broad SMARTS) is 1. The third-order valence-corrected chi connectivity index (χ3v) is 8.82. The molecule has 4 rings (SSSR count). The van der Waals surface area contributed by atoms with Crippen LogP contribution in [0.3, 0.4) is 0 Å². The van der Waals surface area contributed by atoms with Gasteiger partial charge >= 0.3 is 5.97 Å². The molecule has 0 aromatic carbocycles. The van der Waals surface area contributed by atoms with Crippen molar-refractivity contribution in [2.75, 3.05) is 30.4 Å². The van der Waals surface area contributed by atoms with Gasteiger partial charge in [-0.05, 0) is 25.5 Å². The van der Waals surface area contributed by atoms with Crippen LogP contribution in [0, 0.1) is 6.92 Å². The molecule has 2 aromatic rings. The summed E-state index contributed by atoms with van der Waals surface area (Å²) in [5.74, 6) is -1.81. The Morgan fingerprint density at radius 2 is 2.19 bits per heavy atom. The number of fused-ring (bicyclic) bond motifs is 1. The third-order valence-electron chi connectivity index (χ3n) is 4.88. The number of amides is 2. The summed E-state index contributed by atoms with van der Waals surface area (Å²) in [4.78, 5) is 48.3. The number of carboxylic acids is 1. The van der Waals surface area contributed by atoms with Crippen molar-refractivity contribution in [2.24, 2.45) is 10.9 Å². The number of nitrogen functional groups attached to an aromatic ring is 1. The molecule has 0 spiro atoms. The molecule has 6 N–H and O–H groups in total. The molecular formula is C18H21N9O5S4. The molecule has 0 saturated carbocycles. The summed E-state index contributed by atoms with van der Waals surface area (Å²) in [5.41, 5.74) is 11.3. The smallest absolute Gasteiger partial charge is 0.352 e. The van der Waals surface area contributed by atoms with Gasteiger partial charge in [0, 0.05) is 23.0 Å². The lowest BCUT2D eigenvalue weighted by molar-refractivity contribution is -0.150. The number of aromatic nitrogens is 4. The van der Waals surface area contributed by atoms with Gasteiger partial charge in [-0.15, -0.1) is 22.0 Å². The Bertz CT molecular complexity index is 1230. The van der Waals surface area contributed by atoms with Gasteiger partial charge in [-0.1, -0.05) is 28.3 Å². The Labute approximate surface area is 221 Å². The van der Waals surface area contributed by atoms with Crippen molar-refractivity contribution < 1.29 is 24.3 Å². The van der Waals surface area contributed by atoms with Crippen LogP contribution in [-0.4, -0.2) is 89.1 Å². The molecule has 0 bridgehead atoms. The van der Waals surface area contributed by atoms with Gasteiger partial charge in [0.05, 0.1) is 0 Å². The minimum atomic E-state index is -1.21. The van der Waals surface area contributed by atoms with E-state index in [0.717, 1.165) is 16.5 Å². The number of nitrogens with one attached hydrogen (secondary N) is 1. The zero-order valence-corrected chi connectivity index (χ0v) is 22.0. The van der Waals surface area contributed by atoms with Gasteiger partial charge in [-0.25, -0.2) is 4.79 Å². The molecule has 1 unspecified atom stereocenters. The highest BCUT2D eigenvalue weighted by atomic mass is 32.2. The van der Waals surface area contributed by atoms with Crippen molar-refractivity contribution >= 4 is 75.0 Å². The van der Waals surface area contributed by atoms with Crippen LogP contribution >= 0.6 is 46.4 Å². The number of carbonyl (C=O) groups excluding carboxylic acids is 2. The first-order chi connectivity index (χ1) is 17.3. The second kappa shape index (κ2) is 11.5. The van der Waals surface area contributed by atoms with Crippen LogP contribution in [0.5, 0.6) is 0 Å². The van der Waals surface area contributed by atoms with E-state index < -0.39 is 29.2 Å². The topological polar surface area (TPSA) is 212 Å². The SMILES string of the molecule is Cc1nnc(SCC2=C(C(=O)O)N3C(=O)C(NC(=O)C(=NOCCCN)c4nsc(N)n4)[C@@H]3SC2)s1. The standard InChI is InChI=1S/C18H21N9O5S4/c1-7-23-24-18(35-7)34-6-8-5-33-15-10(14(29)27(15)11(8)16(30)31)21-13(28)9(25-32-4-2-3-19)12-22-17(20)36-26-12/h10,15H,2-6,19H2,1H3,(H,21,28)(H,30,31)(H2,20,22,26)/t10?,15-/m0/s1. The first kappa shape index (κ1) is 26.3. The van der Waals surface area contributed by atoms with Crippen LogP contribution in [0.2, 0.25) is 0 Å². The van der Waals surface area contributed by atoms with E-state index in [4.69, 9.17) is 16.3 Å². The number of nitrogens with two attached hydrogens (primary N) is 2. The molecule has 2 atom stereocenters. The van der Waals surface area contributed by atoms with E-state index in [1.165, 1.54) is 39.8 Å². The summed E-state index contributed by atoms with van der Waals surface area (Å²) in [6, 6.07) is -0.956. The van der Waals surface area contributed by atoms with Crippen molar-refractivity contribution in [2.45, 2.75) is 29.1 Å². The normalized spacial score (nSPS) is 19.7. The Hall–Kier alpha value is -2.80. The molecule has 2 aliphatic rings. The average Bonchev–Trinajstić information content (AvgIpc) is 3.47. The second-order valence-electron chi connectivity index (χ2n) is 7.37. The molecule has 18 heteroatoms. The fourth-order valence-corrected chi connectivity index (χ4v) is 7.00. The number of oxime groups is 1. The summed E-state index contributed by atoms with van der Waals surface area (Å²) in [7, 11) is 0. The van der Waals surface area contributed by atoms with Crippen LogP contribution in [0.15, 0.2) is 20.8 Å². The number of carbonyl (C=O) groups is 3. The Morgan fingerprint density at radius 1 is 1.39 bits per heavy atom. The number of hydrogen-bond acceptors (Lipinski definition) is 15. The molecule has 36 heavy (non-hydrogen) atoms. The van der Waals surface area contributed by atoms with Gasteiger partial charge in [0.25, 0.3) is 11.8 Å². The number of β-lactam (4-membered cyclic amide) rings is 1. The van der Waals surface area contributed by atoms with Crippen molar-refractivity contribution in [1.29, 1.82) is 0 Å². The predicted octanol–water partition coefficient (Wildman–Crippen LogP) is -0.119. The number of hydrogen-bond donors (Lipinski definition) is 4. The van der Waals surface area contributed by atoms with Crippen molar-refractivity contribution in [3.63, 3.8) is 0 Å². The zero-order valence-electron chi connectivity index (χ0n) is 18.7. The summed E-state index contributed by atoms with van der Waals surface area (Å²) >= 11 is 5.02. The number of thioether (sulfide) groups is 2. The molecule has 1 fully saturated rings. The molecule has 1 saturated heterocycles. The predicted molar refractivity (Wildman–Crippen MR) is 136 cm³/mol. The first-order valence-electron chi connectivity index (χ1n) is 10.4. The van der Waals surface area contributed by atoms with E-state index >= 15 is 0 Å². The number of nitrogens with zero attached hydrogens (tertiary/aromatic N) is 6. The fraction of sp³-hybridized carbons (Fsp3) is 0.444. The number of aryl methyl sites for hydroxylation is 1. The van der Waals surface area contributed by atoms with E-state index in [1.807, 2.05) is 6.92 Å². The molecule has 4 heterocycles. The quantitative estimate of drug-likeness (QED) is 0.0911. The molecule has 0 radical (unpaired) electrons. The first-order valence-corrected chi connectivity index (χ1v) is 14.1. The zero-order chi connectivity index (χ0) is 25.8. The Kier molecular flexibility index (Phi) is 8.39. The van der Waals surface area contributed by atoms with Gasteiger partial charge in [0.15, 0.2) is 9.47 Å². The summed E-state index contributed by atoms with van der Waals surface area (Å²) in [6.07, 6.45) is 0.517. The molecule has 2 amide bonds. The molecule has 14 nitrogen and oxygen atoms in total. The van der Waals surface area contributed by atoms with Crippen LogP contribution < -0.4 is 16.8 Å². The van der Waals surface area contributed by atoms with Gasteiger partial charge in [-0.2, -0.15) is 9.36 Å². The minimum absolute atomic E-state index is 0.0416. The highest BCUT2D eigenvalue weighted by molar-refractivity contribution is 8.01. The maximum atomic E-state index is 13.0. The largest absolute Gasteiger partial charge is 0.477 e. The molecular weight excluding hydrogens is 551 g/mol. The van der Waals surface area contributed by atoms with Crippen LogP contribution in [-0.2, 0) is 19.2 Å². The maximum Gasteiger partial charge on any atom is 0.352 e. The summed E-state index contributed by atoms with van der Waals surface area (Å²) in [5, 5.41) is 24.6. The highest BCUT2D eigenvalue weighted by Gasteiger charge is 2.54. The lowest BCUT2D eigenvalue weighted by Gasteiger charge is -2.49. The molecule has 0 aliphatic carbocycles. The van der Waals surface area contributed by atoms with Crippen LogP contribution in [0.1, 0.15) is 17.3 Å². The van der Waals surface area contributed by atoms with Gasteiger partial charge in [0.2, 0.25) is 11.5 Å². The van der Waals surface area contributed by atoms with E-state index in [-0.39, 0.29) is 29.0 Å². The fourth-order valence-electron chi connectivity index (χ4n) is 3.26. The van der Waals surface area contributed by atoms with E-state index in [0.29, 0.717) is 34.4 Å². The monoisotopic (exact) mass is 571 g/mol. The highest BCUT2D eigenvalue weighted by Crippen LogP contribution is 2.41. The lowest BCUT2D eigenvalue weighted by atomic mass is 10.0. The van der Waals surface area contributed by atoms with Gasteiger partial charge in [0.1, 0.15) is 28.7 Å². The number of aliphatic carboxylic acids is 1. The van der Waals surface area contributed by atoms with Crippen molar-refractivity contribution in [1.82, 2.24) is 29.8 Å². The Morgan fingerprint density at radius 3 is 2.83 bits per heavy atom. The lowest BCUT2D eigenvalue weighted by Crippen LogP contribution is -2.71. The number of anilines is 1. The van der Waals surface area contributed by atoms with E-state index in [2.05, 4.69) is 30.0 Å². The van der Waals surface area contributed by atoms with E-state index in [1.54, 1.807) is 0 Å². The summed E-state index contributed by atoms with van der Waals surface area (Å²) < 4.78 is 4.71. The molecule has 2 aromatic heterocycles. The van der Waals surface area contributed by atoms with Gasteiger partial charge in [-0.3, -0.25) is 14.5 Å². The summed E-state index contributed by atoms with van der Waals surface area (Å²) in [6.45, 7) is 2.38. The molecule has 192 valence electrons. The maximum absolute atomic E-state index is 13.0. The van der Waals surface area contributed by atoms with Crippen LogP contribution in [0.25, 0.3) is 0 Å². The second-order valence-corrected chi connectivity index (χ2v) is 11.7. The van der Waals surface area contributed by atoms with Gasteiger partial charge < -0.3 is 26.7 Å². The molecule has 2 aliphatic heterocycles. The van der Waals surface area contributed by atoms with E-state index in [9.17, 15) is 19.5 Å². The van der Waals surface area contributed by atoms with Crippen LogP contribution in [0.4, 0.5) is 5.13 Å². The van der Waals surface area contributed by atoms with Crippen molar-refractivity contribution in [3.05, 3.63) is 22.1 Å². The van der Waals surface area contributed by atoms with Crippen molar-refractivity contribution in [3.8, 4) is 0 Å². The minimum Gasteiger partial charge on any atom is -0.477 e. The Balaban J connectivity index is 1.47.